The van der Waals surface area contributed by atoms with E-state index >= 15 is 0 Å². The summed E-state index contributed by atoms with van der Waals surface area (Å²) in [6.07, 6.45) is 1.49. The Bertz CT molecular complexity index is 389. The van der Waals surface area contributed by atoms with E-state index in [1.807, 2.05) is 18.2 Å². The first-order valence-electron chi connectivity index (χ1n) is 5.38. The Hall–Kier alpha value is -1.84. The summed E-state index contributed by atoms with van der Waals surface area (Å²) in [5, 5.41) is 2.74. The quantitative estimate of drug-likeness (QED) is 0.822. The van der Waals surface area contributed by atoms with E-state index in [-0.39, 0.29) is 11.8 Å². The molecule has 16 heavy (non-hydrogen) atoms. The fraction of sp³-hybridized carbons (Fsp3) is 0.333. The summed E-state index contributed by atoms with van der Waals surface area (Å²) in [4.78, 5) is 24.6. The Labute approximate surface area is 94.2 Å². The second-order valence-electron chi connectivity index (χ2n) is 3.79. The molecule has 0 radical (unpaired) electrons. The fourth-order valence-electron chi connectivity index (χ4n) is 1.73. The number of nitrogens with one attached hydrogen (secondary N) is 1. The van der Waals surface area contributed by atoms with E-state index < -0.39 is 0 Å². The van der Waals surface area contributed by atoms with E-state index in [9.17, 15) is 9.59 Å². The lowest BCUT2D eigenvalue weighted by molar-refractivity contribution is -0.127. The first kappa shape index (κ1) is 10.7. The molecule has 0 saturated carbocycles. The van der Waals surface area contributed by atoms with Crippen LogP contribution in [-0.2, 0) is 4.79 Å². The number of hydrogen-bond donors (Lipinski definition) is 1. The maximum atomic E-state index is 11.7. The van der Waals surface area contributed by atoms with Gasteiger partial charge in [0.2, 0.25) is 5.91 Å². The molecule has 84 valence electrons. The number of carbonyl (C=O) groups is 2. The van der Waals surface area contributed by atoms with Crippen molar-refractivity contribution in [2.75, 3.05) is 13.2 Å². The molecule has 0 spiro atoms. The summed E-state index contributed by atoms with van der Waals surface area (Å²) in [6, 6.07) is 8.99. The van der Waals surface area contributed by atoms with Crippen LogP contribution in [0.25, 0.3) is 0 Å². The van der Waals surface area contributed by atoms with E-state index in [4.69, 9.17) is 0 Å². The van der Waals surface area contributed by atoms with Gasteiger partial charge in [-0.1, -0.05) is 18.2 Å². The molecular weight excluding hydrogens is 204 g/mol. The Morgan fingerprint density at radius 2 is 2.06 bits per heavy atom. The lowest BCUT2D eigenvalue weighted by Crippen LogP contribution is -2.38. The van der Waals surface area contributed by atoms with Crippen LogP contribution >= 0.6 is 0 Å². The SMILES string of the molecule is O=C(NCN1CCCC1=O)c1ccccc1. The zero-order valence-electron chi connectivity index (χ0n) is 8.98. The van der Waals surface area contributed by atoms with Crippen LogP contribution in [0.15, 0.2) is 30.3 Å². The zero-order chi connectivity index (χ0) is 11.4. The first-order valence-corrected chi connectivity index (χ1v) is 5.38. The lowest BCUT2D eigenvalue weighted by atomic mass is 10.2. The van der Waals surface area contributed by atoms with Crippen molar-refractivity contribution in [3.8, 4) is 0 Å². The molecule has 2 rings (SSSR count). The third kappa shape index (κ3) is 2.39. The molecule has 1 fully saturated rings. The normalized spacial score (nSPS) is 15.2. The number of rotatable bonds is 3. The molecule has 1 N–H and O–H groups in total. The molecule has 1 aliphatic heterocycles. The van der Waals surface area contributed by atoms with Crippen molar-refractivity contribution in [1.29, 1.82) is 0 Å². The summed E-state index contributed by atoms with van der Waals surface area (Å²) in [6.45, 7) is 1.06. The highest BCUT2D eigenvalue weighted by Crippen LogP contribution is 2.07. The Balaban J connectivity index is 1.87. The van der Waals surface area contributed by atoms with E-state index in [0.717, 1.165) is 13.0 Å². The first-order chi connectivity index (χ1) is 7.77. The van der Waals surface area contributed by atoms with Crippen molar-refractivity contribution in [1.82, 2.24) is 10.2 Å². The summed E-state index contributed by atoms with van der Waals surface area (Å²) in [5.41, 5.74) is 0.620. The molecule has 1 aromatic rings. The predicted molar refractivity (Wildman–Crippen MR) is 59.7 cm³/mol. The summed E-state index contributed by atoms with van der Waals surface area (Å²) < 4.78 is 0. The molecule has 0 aliphatic carbocycles. The minimum absolute atomic E-state index is 0.119. The third-order valence-corrected chi connectivity index (χ3v) is 2.64. The number of likely N-dealkylation sites (tertiary alicyclic amines) is 1. The Kier molecular flexibility index (Phi) is 3.19. The highest BCUT2D eigenvalue weighted by Gasteiger charge is 2.20. The van der Waals surface area contributed by atoms with Crippen LogP contribution in [0, 0.1) is 0 Å². The minimum Gasteiger partial charge on any atom is -0.334 e. The van der Waals surface area contributed by atoms with Gasteiger partial charge in [0.05, 0.1) is 6.67 Å². The largest absolute Gasteiger partial charge is 0.334 e. The molecule has 0 unspecified atom stereocenters. The van der Waals surface area contributed by atoms with E-state index in [1.165, 1.54) is 0 Å². The van der Waals surface area contributed by atoms with Gasteiger partial charge in [0, 0.05) is 18.5 Å². The van der Waals surface area contributed by atoms with Crippen LogP contribution in [0.1, 0.15) is 23.2 Å². The maximum absolute atomic E-state index is 11.7. The molecule has 2 amide bonds. The molecule has 4 heteroatoms. The number of benzene rings is 1. The van der Waals surface area contributed by atoms with Gasteiger partial charge in [-0.05, 0) is 18.6 Å². The average Bonchev–Trinajstić information content (AvgIpc) is 2.73. The number of hydrogen-bond acceptors (Lipinski definition) is 2. The number of amides is 2. The lowest BCUT2D eigenvalue weighted by Gasteiger charge is -2.16. The van der Waals surface area contributed by atoms with Crippen molar-refractivity contribution in [3.63, 3.8) is 0 Å². The van der Waals surface area contributed by atoms with Gasteiger partial charge in [0.25, 0.3) is 5.91 Å². The highest BCUT2D eigenvalue weighted by atomic mass is 16.2. The molecular formula is C12H14N2O2. The molecule has 4 nitrogen and oxygen atoms in total. The molecule has 1 aliphatic rings. The number of nitrogens with zero attached hydrogens (tertiary/aromatic N) is 1. The molecule has 1 heterocycles. The van der Waals surface area contributed by atoms with Crippen molar-refractivity contribution < 1.29 is 9.59 Å². The van der Waals surface area contributed by atoms with Crippen molar-refractivity contribution in [2.45, 2.75) is 12.8 Å². The fourth-order valence-corrected chi connectivity index (χ4v) is 1.73. The van der Waals surface area contributed by atoms with Crippen LogP contribution < -0.4 is 5.32 Å². The van der Waals surface area contributed by atoms with Gasteiger partial charge in [-0.2, -0.15) is 0 Å². The van der Waals surface area contributed by atoms with Crippen molar-refractivity contribution in [2.24, 2.45) is 0 Å². The van der Waals surface area contributed by atoms with Gasteiger partial charge in [0.1, 0.15) is 0 Å². The van der Waals surface area contributed by atoms with Crippen molar-refractivity contribution in [3.05, 3.63) is 35.9 Å². The Morgan fingerprint density at radius 1 is 1.31 bits per heavy atom. The maximum Gasteiger partial charge on any atom is 0.252 e. The molecule has 0 atom stereocenters. The highest BCUT2D eigenvalue weighted by molar-refractivity contribution is 5.94. The van der Waals surface area contributed by atoms with E-state index in [2.05, 4.69) is 5.32 Å². The summed E-state index contributed by atoms with van der Waals surface area (Å²) in [7, 11) is 0. The van der Waals surface area contributed by atoms with Gasteiger partial charge in [0.15, 0.2) is 0 Å². The topological polar surface area (TPSA) is 49.4 Å². The molecule has 0 aromatic heterocycles. The van der Waals surface area contributed by atoms with Gasteiger partial charge >= 0.3 is 0 Å². The predicted octanol–water partition coefficient (Wildman–Crippen LogP) is 0.996. The van der Waals surface area contributed by atoms with E-state index in [0.29, 0.717) is 18.7 Å². The average molecular weight is 218 g/mol. The van der Waals surface area contributed by atoms with Crippen LogP contribution in [0.5, 0.6) is 0 Å². The van der Waals surface area contributed by atoms with Crippen molar-refractivity contribution >= 4 is 11.8 Å². The minimum atomic E-state index is -0.139. The molecule has 1 saturated heterocycles. The monoisotopic (exact) mass is 218 g/mol. The second-order valence-corrected chi connectivity index (χ2v) is 3.79. The van der Waals surface area contributed by atoms with Gasteiger partial charge in [-0.25, -0.2) is 0 Å². The number of carbonyl (C=O) groups excluding carboxylic acids is 2. The van der Waals surface area contributed by atoms with Gasteiger partial charge < -0.3 is 10.2 Å². The smallest absolute Gasteiger partial charge is 0.252 e. The van der Waals surface area contributed by atoms with Crippen LogP contribution in [-0.4, -0.2) is 29.9 Å². The molecule has 1 aromatic carbocycles. The van der Waals surface area contributed by atoms with Gasteiger partial charge in [-0.15, -0.1) is 0 Å². The molecule has 0 bridgehead atoms. The van der Waals surface area contributed by atoms with Crippen LogP contribution in [0.2, 0.25) is 0 Å². The Morgan fingerprint density at radius 3 is 2.69 bits per heavy atom. The van der Waals surface area contributed by atoms with Crippen LogP contribution in [0.3, 0.4) is 0 Å². The second kappa shape index (κ2) is 4.79. The summed E-state index contributed by atoms with van der Waals surface area (Å²) in [5.74, 6) is -0.0198. The van der Waals surface area contributed by atoms with Gasteiger partial charge in [-0.3, -0.25) is 9.59 Å². The van der Waals surface area contributed by atoms with E-state index in [1.54, 1.807) is 17.0 Å². The third-order valence-electron chi connectivity index (χ3n) is 2.64. The van der Waals surface area contributed by atoms with Crippen LogP contribution in [0.4, 0.5) is 0 Å². The zero-order valence-corrected chi connectivity index (χ0v) is 8.98. The summed E-state index contributed by atoms with van der Waals surface area (Å²) >= 11 is 0. The standard InChI is InChI=1S/C12H14N2O2/c15-11-7-4-8-14(11)9-13-12(16)10-5-2-1-3-6-10/h1-3,5-6H,4,7-9H2,(H,13,16).